The van der Waals surface area contributed by atoms with Crippen LogP contribution in [0.4, 0.5) is 8.78 Å². The van der Waals surface area contributed by atoms with E-state index in [0.29, 0.717) is 6.04 Å². The molecule has 0 saturated heterocycles. The maximum Gasteiger partial charge on any atom is 0.387 e. The first-order chi connectivity index (χ1) is 9.63. The lowest BCUT2D eigenvalue weighted by Gasteiger charge is -2.16. The zero-order valence-corrected chi connectivity index (χ0v) is 11.9. The topological polar surface area (TPSA) is 21.3 Å². The Morgan fingerprint density at radius 3 is 2.60 bits per heavy atom. The van der Waals surface area contributed by atoms with Gasteiger partial charge in [-0.2, -0.15) is 8.78 Å². The van der Waals surface area contributed by atoms with Gasteiger partial charge in [-0.1, -0.05) is 31.9 Å². The highest BCUT2D eigenvalue weighted by Crippen LogP contribution is 2.23. The molecule has 2 unspecified atom stereocenters. The number of benzene rings is 1. The fourth-order valence-electron chi connectivity index (χ4n) is 2.74. The largest absolute Gasteiger partial charge is 0.435 e. The van der Waals surface area contributed by atoms with Crippen LogP contribution in [0.5, 0.6) is 5.75 Å². The van der Waals surface area contributed by atoms with Gasteiger partial charge in [0, 0.05) is 12.6 Å². The molecular formula is C16H23F2NO. The molecule has 112 valence electrons. The third-order valence-electron chi connectivity index (χ3n) is 4.00. The van der Waals surface area contributed by atoms with Gasteiger partial charge in [0.1, 0.15) is 5.75 Å². The van der Waals surface area contributed by atoms with E-state index in [1.165, 1.54) is 32.1 Å². The van der Waals surface area contributed by atoms with Gasteiger partial charge in [-0.05, 0) is 42.9 Å². The van der Waals surface area contributed by atoms with E-state index in [-0.39, 0.29) is 5.75 Å². The zero-order chi connectivity index (χ0) is 14.4. The molecule has 0 aromatic heterocycles. The lowest BCUT2D eigenvalue weighted by Crippen LogP contribution is -2.27. The molecule has 1 aromatic rings. The molecule has 0 radical (unpaired) electrons. The van der Waals surface area contributed by atoms with Crippen LogP contribution in [0.1, 0.15) is 44.6 Å². The molecule has 2 atom stereocenters. The highest BCUT2D eigenvalue weighted by Gasteiger charge is 2.15. The van der Waals surface area contributed by atoms with Crippen LogP contribution in [0.15, 0.2) is 24.3 Å². The molecule has 1 aliphatic rings. The summed E-state index contributed by atoms with van der Waals surface area (Å²) in [6.07, 6.45) is 6.38. The highest BCUT2D eigenvalue weighted by molar-refractivity contribution is 5.27. The summed E-state index contributed by atoms with van der Waals surface area (Å²) in [4.78, 5) is 0. The third-order valence-corrected chi connectivity index (χ3v) is 4.00. The summed E-state index contributed by atoms with van der Waals surface area (Å²) >= 11 is 0. The van der Waals surface area contributed by atoms with Gasteiger partial charge in [-0.3, -0.25) is 0 Å². The molecule has 0 heterocycles. The zero-order valence-electron chi connectivity index (χ0n) is 11.9. The van der Waals surface area contributed by atoms with Crippen LogP contribution >= 0.6 is 0 Å². The van der Waals surface area contributed by atoms with Gasteiger partial charge in [0.25, 0.3) is 0 Å². The molecule has 1 aromatic carbocycles. The fourth-order valence-corrected chi connectivity index (χ4v) is 2.74. The summed E-state index contributed by atoms with van der Waals surface area (Å²) in [5, 5.41) is 3.57. The molecule has 20 heavy (non-hydrogen) atoms. The van der Waals surface area contributed by atoms with E-state index in [2.05, 4.69) is 17.0 Å². The van der Waals surface area contributed by atoms with Crippen molar-refractivity contribution in [1.82, 2.24) is 5.32 Å². The SMILES string of the molecule is CC1CCCC(NCc2ccc(OC(F)F)cc2)CC1. The molecule has 0 bridgehead atoms. The molecule has 1 saturated carbocycles. The molecule has 1 N–H and O–H groups in total. The fraction of sp³-hybridized carbons (Fsp3) is 0.625. The lowest BCUT2D eigenvalue weighted by atomic mass is 10.0. The normalized spacial score (nSPS) is 23.6. The number of alkyl halides is 2. The maximum absolute atomic E-state index is 12.0. The van der Waals surface area contributed by atoms with Gasteiger partial charge >= 0.3 is 6.61 Å². The predicted octanol–water partition coefficient (Wildman–Crippen LogP) is 4.35. The van der Waals surface area contributed by atoms with Crippen LogP contribution in [-0.2, 0) is 6.54 Å². The first-order valence-corrected chi connectivity index (χ1v) is 7.40. The lowest BCUT2D eigenvalue weighted by molar-refractivity contribution is -0.0498. The standard InChI is InChI=1S/C16H23F2NO/c1-12-3-2-4-14(8-5-12)19-11-13-6-9-15(10-7-13)20-16(17)18/h6-7,9-10,12,14,16,19H,2-5,8,11H2,1H3. The maximum atomic E-state index is 12.0. The van der Waals surface area contributed by atoms with E-state index in [1.807, 2.05) is 12.1 Å². The van der Waals surface area contributed by atoms with Crippen molar-refractivity contribution in [3.05, 3.63) is 29.8 Å². The van der Waals surface area contributed by atoms with Crippen LogP contribution in [-0.4, -0.2) is 12.7 Å². The van der Waals surface area contributed by atoms with Crippen LogP contribution < -0.4 is 10.1 Å². The Bertz CT molecular complexity index is 394. The minimum atomic E-state index is -2.76. The summed E-state index contributed by atoms with van der Waals surface area (Å²) in [6.45, 7) is 0.352. The Hall–Kier alpha value is -1.16. The Morgan fingerprint density at radius 1 is 1.15 bits per heavy atom. The van der Waals surface area contributed by atoms with E-state index < -0.39 is 6.61 Å². The number of nitrogens with one attached hydrogen (secondary N) is 1. The van der Waals surface area contributed by atoms with Crippen LogP contribution in [0.2, 0.25) is 0 Å². The molecule has 2 nitrogen and oxygen atoms in total. The number of rotatable bonds is 5. The van der Waals surface area contributed by atoms with Crippen molar-refractivity contribution in [3.8, 4) is 5.75 Å². The molecule has 0 aliphatic heterocycles. The monoisotopic (exact) mass is 283 g/mol. The smallest absolute Gasteiger partial charge is 0.387 e. The average molecular weight is 283 g/mol. The highest BCUT2D eigenvalue weighted by atomic mass is 19.3. The van der Waals surface area contributed by atoms with Gasteiger partial charge in [0.15, 0.2) is 0 Å². The van der Waals surface area contributed by atoms with Gasteiger partial charge in [-0.25, -0.2) is 0 Å². The van der Waals surface area contributed by atoms with Gasteiger partial charge < -0.3 is 10.1 Å². The quantitative estimate of drug-likeness (QED) is 0.811. The van der Waals surface area contributed by atoms with Crippen LogP contribution in [0.25, 0.3) is 0 Å². The second-order valence-electron chi connectivity index (χ2n) is 5.71. The molecule has 4 heteroatoms. The third kappa shape index (κ3) is 5.08. The predicted molar refractivity (Wildman–Crippen MR) is 76.0 cm³/mol. The second-order valence-corrected chi connectivity index (χ2v) is 5.71. The second kappa shape index (κ2) is 7.58. The van der Waals surface area contributed by atoms with E-state index in [4.69, 9.17) is 0 Å². The van der Waals surface area contributed by atoms with Gasteiger partial charge in [0.2, 0.25) is 0 Å². The number of hydrogen-bond donors (Lipinski definition) is 1. The average Bonchev–Trinajstić information content (AvgIpc) is 2.62. The van der Waals surface area contributed by atoms with Crippen molar-refractivity contribution < 1.29 is 13.5 Å². The first kappa shape index (κ1) is 15.2. The molecule has 0 spiro atoms. The van der Waals surface area contributed by atoms with E-state index in [0.717, 1.165) is 18.0 Å². The van der Waals surface area contributed by atoms with Crippen molar-refractivity contribution in [2.24, 2.45) is 5.92 Å². The van der Waals surface area contributed by atoms with Crippen LogP contribution in [0, 0.1) is 5.92 Å². The summed E-state index contributed by atoms with van der Waals surface area (Å²) < 4.78 is 28.4. The molecular weight excluding hydrogens is 260 g/mol. The molecule has 1 fully saturated rings. The number of hydrogen-bond acceptors (Lipinski definition) is 2. The molecule has 0 amide bonds. The first-order valence-electron chi connectivity index (χ1n) is 7.40. The van der Waals surface area contributed by atoms with Gasteiger partial charge in [-0.15, -0.1) is 0 Å². The Morgan fingerprint density at radius 2 is 1.90 bits per heavy atom. The Labute approximate surface area is 119 Å². The summed E-state index contributed by atoms with van der Waals surface area (Å²) in [5.41, 5.74) is 1.10. The van der Waals surface area contributed by atoms with E-state index in [1.54, 1.807) is 12.1 Å². The van der Waals surface area contributed by atoms with Crippen molar-refractivity contribution in [2.75, 3.05) is 0 Å². The van der Waals surface area contributed by atoms with Crippen molar-refractivity contribution >= 4 is 0 Å². The summed E-state index contributed by atoms with van der Waals surface area (Å²) in [7, 11) is 0. The summed E-state index contributed by atoms with van der Waals surface area (Å²) in [5.74, 6) is 1.06. The minimum absolute atomic E-state index is 0.215. The number of halogens is 2. The van der Waals surface area contributed by atoms with Crippen molar-refractivity contribution in [1.29, 1.82) is 0 Å². The van der Waals surface area contributed by atoms with Crippen LogP contribution in [0.3, 0.4) is 0 Å². The van der Waals surface area contributed by atoms with Gasteiger partial charge in [0.05, 0.1) is 0 Å². The Balaban J connectivity index is 1.78. The van der Waals surface area contributed by atoms with Crippen molar-refractivity contribution in [2.45, 2.75) is 58.2 Å². The van der Waals surface area contributed by atoms with E-state index >= 15 is 0 Å². The molecule has 2 rings (SSSR count). The van der Waals surface area contributed by atoms with E-state index in [9.17, 15) is 8.78 Å². The van der Waals surface area contributed by atoms with Crippen molar-refractivity contribution in [3.63, 3.8) is 0 Å². The molecule has 1 aliphatic carbocycles. The minimum Gasteiger partial charge on any atom is -0.435 e. The number of ether oxygens (including phenoxy) is 1. The Kier molecular flexibility index (Phi) is 5.77. The summed E-state index contributed by atoms with van der Waals surface area (Å²) in [6, 6.07) is 7.45.